The number of nitrogens with one attached hydrogen (secondary N) is 3. The molecule has 156 valence electrons. The lowest BCUT2D eigenvalue weighted by molar-refractivity contribution is -0.274. The van der Waals surface area contributed by atoms with E-state index in [1.807, 2.05) is 6.07 Å². The van der Waals surface area contributed by atoms with Crippen LogP contribution in [-0.4, -0.2) is 48.5 Å². The van der Waals surface area contributed by atoms with Crippen LogP contribution >= 0.6 is 0 Å². The highest BCUT2D eigenvalue weighted by atomic mass is 19.4. The van der Waals surface area contributed by atoms with Gasteiger partial charge >= 0.3 is 12.4 Å². The molecule has 0 unspecified atom stereocenters. The maximum Gasteiger partial charge on any atom is 0.573 e. The number of hydrogen-bond acceptors (Lipinski definition) is 6. The molecule has 11 heteroatoms. The lowest BCUT2D eigenvalue weighted by Gasteiger charge is -2.17. The van der Waals surface area contributed by atoms with Gasteiger partial charge in [-0.25, -0.2) is 14.8 Å². The van der Waals surface area contributed by atoms with E-state index in [1.54, 1.807) is 0 Å². The van der Waals surface area contributed by atoms with Gasteiger partial charge in [0.2, 0.25) is 0 Å². The highest BCUT2D eigenvalue weighted by molar-refractivity contribution is 5.90. The van der Waals surface area contributed by atoms with E-state index < -0.39 is 18.1 Å². The Morgan fingerprint density at radius 1 is 1.14 bits per heavy atom. The summed E-state index contributed by atoms with van der Waals surface area (Å²) in [7, 11) is 0. The number of anilines is 3. The van der Waals surface area contributed by atoms with Gasteiger partial charge in [0.05, 0.1) is 5.69 Å². The number of hydrogen-bond donors (Lipinski definition) is 3. The van der Waals surface area contributed by atoms with Gasteiger partial charge < -0.3 is 25.6 Å². The Morgan fingerprint density at radius 3 is 2.66 bits per heavy atom. The average Bonchev–Trinajstić information content (AvgIpc) is 3.21. The minimum absolute atomic E-state index is 0.0821. The Hall–Kier alpha value is -3.24. The number of aromatic nitrogens is 2. The highest BCUT2D eigenvalue weighted by Crippen LogP contribution is 2.29. The minimum atomic E-state index is -4.84. The van der Waals surface area contributed by atoms with E-state index in [0.717, 1.165) is 37.8 Å². The van der Waals surface area contributed by atoms with Gasteiger partial charge in [-0.3, -0.25) is 0 Å². The molecule has 2 heterocycles. The van der Waals surface area contributed by atoms with Crippen LogP contribution in [-0.2, 0) is 0 Å². The number of urea groups is 1. The third-order valence-corrected chi connectivity index (χ3v) is 4.16. The SMILES string of the molecule is O=C(NCCNc1cc(N2CCCC2)ncn1)Nc1ccccc1OC(F)(F)F. The standard InChI is InChI=1S/C18H21F3N6O2/c19-18(20,21)29-14-6-2-1-5-13(14)26-17(28)23-8-7-22-15-11-16(25-12-24-15)27-9-3-4-10-27/h1-2,5-6,11-12H,3-4,7-10H2,(H,22,24,25)(H2,23,26,28). The van der Waals surface area contributed by atoms with Gasteiger partial charge in [0.1, 0.15) is 18.0 Å². The van der Waals surface area contributed by atoms with Gasteiger partial charge in [-0.15, -0.1) is 13.2 Å². The fraction of sp³-hybridized carbons (Fsp3) is 0.389. The number of ether oxygens (including phenoxy) is 1. The van der Waals surface area contributed by atoms with Crippen LogP contribution in [0.1, 0.15) is 12.8 Å². The third-order valence-electron chi connectivity index (χ3n) is 4.16. The van der Waals surface area contributed by atoms with Crippen molar-refractivity contribution in [2.75, 3.05) is 41.7 Å². The zero-order valence-corrected chi connectivity index (χ0v) is 15.5. The first-order chi connectivity index (χ1) is 13.9. The molecule has 1 aliphatic rings. The summed E-state index contributed by atoms with van der Waals surface area (Å²) >= 11 is 0. The smallest absolute Gasteiger partial charge is 0.404 e. The van der Waals surface area contributed by atoms with E-state index in [1.165, 1.54) is 24.5 Å². The number of benzene rings is 1. The van der Waals surface area contributed by atoms with Gasteiger partial charge in [0.15, 0.2) is 5.75 Å². The topological polar surface area (TPSA) is 91.4 Å². The fourth-order valence-electron chi connectivity index (χ4n) is 2.88. The number of alkyl halides is 3. The van der Waals surface area contributed by atoms with Crippen LogP contribution in [0.3, 0.4) is 0 Å². The monoisotopic (exact) mass is 410 g/mol. The third kappa shape index (κ3) is 6.40. The summed E-state index contributed by atoms with van der Waals surface area (Å²) in [6.07, 6.45) is -1.08. The van der Waals surface area contributed by atoms with Gasteiger partial charge in [-0.05, 0) is 25.0 Å². The summed E-state index contributed by atoms with van der Waals surface area (Å²) in [6, 6.07) is 6.51. The summed E-state index contributed by atoms with van der Waals surface area (Å²) in [5.41, 5.74) is -0.0821. The van der Waals surface area contributed by atoms with Crippen molar-refractivity contribution in [3.63, 3.8) is 0 Å². The average molecular weight is 410 g/mol. The van der Waals surface area contributed by atoms with E-state index in [-0.39, 0.29) is 12.2 Å². The molecule has 0 aliphatic carbocycles. The second-order valence-electron chi connectivity index (χ2n) is 6.31. The molecule has 8 nitrogen and oxygen atoms in total. The van der Waals surface area contributed by atoms with Crippen LogP contribution in [0.4, 0.5) is 35.3 Å². The number of halogens is 3. The van der Waals surface area contributed by atoms with Crippen LogP contribution in [0.15, 0.2) is 36.7 Å². The number of rotatable bonds is 7. The van der Waals surface area contributed by atoms with Crippen molar-refractivity contribution in [1.82, 2.24) is 15.3 Å². The fourth-order valence-corrected chi connectivity index (χ4v) is 2.88. The van der Waals surface area contributed by atoms with E-state index in [2.05, 4.69) is 35.6 Å². The lowest BCUT2D eigenvalue weighted by atomic mass is 10.3. The summed E-state index contributed by atoms with van der Waals surface area (Å²) in [4.78, 5) is 22.5. The molecule has 3 N–H and O–H groups in total. The molecule has 1 saturated heterocycles. The van der Waals surface area contributed by atoms with Crippen molar-refractivity contribution < 1.29 is 22.7 Å². The maximum atomic E-state index is 12.4. The van der Waals surface area contributed by atoms with E-state index in [9.17, 15) is 18.0 Å². The molecule has 1 fully saturated rings. The second kappa shape index (κ2) is 9.30. The lowest BCUT2D eigenvalue weighted by Crippen LogP contribution is -2.33. The number of nitrogens with zero attached hydrogens (tertiary/aromatic N) is 3. The van der Waals surface area contributed by atoms with Crippen molar-refractivity contribution >= 4 is 23.4 Å². The number of carbonyl (C=O) groups excluding carboxylic acids is 1. The molecule has 1 aromatic carbocycles. The van der Waals surface area contributed by atoms with Crippen LogP contribution in [0.2, 0.25) is 0 Å². The van der Waals surface area contributed by atoms with Crippen LogP contribution in [0.25, 0.3) is 0 Å². The molecule has 0 saturated carbocycles. The predicted octanol–water partition coefficient (Wildman–Crippen LogP) is 3.21. The molecule has 3 rings (SSSR count). The van der Waals surface area contributed by atoms with E-state index in [4.69, 9.17) is 0 Å². The first-order valence-electron chi connectivity index (χ1n) is 9.11. The van der Waals surface area contributed by atoms with Crippen molar-refractivity contribution in [2.45, 2.75) is 19.2 Å². The Kier molecular flexibility index (Phi) is 6.57. The molecule has 0 radical (unpaired) electrons. The minimum Gasteiger partial charge on any atom is -0.404 e. The van der Waals surface area contributed by atoms with E-state index in [0.29, 0.717) is 12.4 Å². The van der Waals surface area contributed by atoms with Crippen LogP contribution in [0.5, 0.6) is 5.75 Å². The molecule has 0 spiro atoms. The first-order valence-corrected chi connectivity index (χ1v) is 9.11. The number of carbonyl (C=O) groups is 1. The molecule has 29 heavy (non-hydrogen) atoms. The quantitative estimate of drug-likeness (QED) is 0.608. The van der Waals surface area contributed by atoms with Crippen LogP contribution in [0, 0.1) is 0 Å². The number of para-hydroxylation sites is 2. The predicted molar refractivity (Wildman–Crippen MR) is 102 cm³/mol. The molecule has 1 aromatic heterocycles. The van der Waals surface area contributed by atoms with E-state index >= 15 is 0 Å². The number of amides is 2. The summed E-state index contributed by atoms with van der Waals surface area (Å²) in [5, 5.41) is 7.98. The molecule has 0 atom stereocenters. The van der Waals surface area contributed by atoms with Gasteiger partial charge in [-0.2, -0.15) is 0 Å². The summed E-state index contributed by atoms with van der Waals surface area (Å²) in [6.45, 7) is 2.55. The second-order valence-corrected chi connectivity index (χ2v) is 6.31. The molecule has 2 amide bonds. The Balaban J connectivity index is 1.44. The van der Waals surface area contributed by atoms with Crippen molar-refractivity contribution in [3.8, 4) is 5.75 Å². The Labute approximate surface area is 165 Å². The maximum absolute atomic E-state index is 12.4. The zero-order valence-electron chi connectivity index (χ0n) is 15.5. The van der Waals surface area contributed by atoms with Crippen LogP contribution < -0.4 is 25.6 Å². The Morgan fingerprint density at radius 2 is 1.90 bits per heavy atom. The summed E-state index contributed by atoms with van der Waals surface area (Å²) < 4.78 is 41.2. The van der Waals surface area contributed by atoms with Crippen molar-refractivity contribution in [3.05, 3.63) is 36.7 Å². The summed E-state index contributed by atoms with van der Waals surface area (Å²) in [5.74, 6) is 1.00. The molecular formula is C18H21F3N6O2. The van der Waals surface area contributed by atoms with Crippen molar-refractivity contribution in [2.24, 2.45) is 0 Å². The first kappa shape index (κ1) is 20.5. The normalized spacial score (nSPS) is 13.8. The molecule has 0 bridgehead atoms. The highest BCUT2D eigenvalue weighted by Gasteiger charge is 2.32. The molecular weight excluding hydrogens is 389 g/mol. The van der Waals surface area contributed by atoms with Gasteiger partial charge in [0.25, 0.3) is 0 Å². The Bertz CT molecular complexity index is 827. The van der Waals surface area contributed by atoms with Crippen molar-refractivity contribution in [1.29, 1.82) is 0 Å². The van der Waals surface area contributed by atoms with Gasteiger partial charge in [0, 0.05) is 32.2 Å². The van der Waals surface area contributed by atoms with Gasteiger partial charge in [-0.1, -0.05) is 12.1 Å². The largest absolute Gasteiger partial charge is 0.573 e. The zero-order chi connectivity index (χ0) is 20.7. The molecule has 1 aliphatic heterocycles. The molecule has 2 aromatic rings.